The summed E-state index contributed by atoms with van der Waals surface area (Å²) in [5.41, 5.74) is 3.61. The molecule has 0 saturated carbocycles. The molecule has 1 atom stereocenters. The number of ether oxygens (including phenoxy) is 1. The Bertz CT molecular complexity index is 968. The molecule has 190 valence electrons. The zero-order valence-electron chi connectivity index (χ0n) is 21.5. The van der Waals surface area contributed by atoms with Gasteiger partial charge in [0.15, 0.2) is 4.90 Å². The van der Waals surface area contributed by atoms with E-state index < -0.39 is 16.8 Å². The van der Waals surface area contributed by atoms with Crippen LogP contribution in [0.5, 0.6) is 0 Å². The van der Waals surface area contributed by atoms with Crippen LogP contribution in [-0.4, -0.2) is 51.4 Å². The van der Waals surface area contributed by atoms with E-state index in [1.807, 2.05) is 25.7 Å². The summed E-state index contributed by atoms with van der Waals surface area (Å²) >= 11 is -0.993. The number of benzene rings is 2. The highest BCUT2D eigenvalue weighted by atomic mass is 32.2. The normalized spacial score (nSPS) is 18.6. The fourth-order valence-electron chi connectivity index (χ4n) is 5.05. The Kier molecular flexibility index (Phi) is 8.79. The van der Waals surface area contributed by atoms with E-state index >= 15 is 0 Å². The molecule has 1 unspecified atom stereocenters. The minimum absolute atomic E-state index is 0.217. The van der Waals surface area contributed by atoms with E-state index in [2.05, 4.69) is 53.4 Å². The maximum atomic E-state index is 13.2. The van der Waals surface area contributed by atoms with Crippen LogP contribution in [0.3, 0.4) is 0 Å². The predicted molar refractivity (Wildman–Crippen MR) is 142 cm³/mol. The summed E-state index contributed by atoms with van der Waals surface area (Å²) in [6.45, 7) is 10.1. The molecular formula is C29H40N2O3S. The van der Waals surface area contributed by atoms with Gasteiger partial charge in [0, 0.05) is 26.2 Å². The average molecular weight is 497 g/mol. The van der Waals surface area contributed by atoms with Gasteiger partial charge in [-0.05, 0) is 105 Å². The van der Waals surface area contributed by atoms with E-state index in [0.29, 0.717) is 11.7 Å². The fraction of sp³-hybridized carbons (Fsp3) is 0.552. The quantitative estimate of drug-likeness (QED) is 0.476. The number of likely N-dealkylation sites (tertiary alicyclic amines) is 1. The molecule has 2 heterocycles. The van der Waals surface area contributed by atoms with Crippen LogP contribution in [0.1, 0.15) is 63.1 Å². The van der Waals surface area contributed by atoms with E-state index in [4.69, 9.17) is 4.74 Å². The van der Waals surface area contributed by atoms with Crippen molar-refractivity contribution in [1.29, 1.82) is 0 Å². The highest BCUT2D eigenvalue weighted by molar-refractivity contribution is 7.91. The third-order valence-corrected chi connectivity index (χ3v) is 8.37. The van der Waals surface area contributed by atoms with Crippen molar-refractivity contribution in [2.75, 3.05) is 25.4 Å². The molecule has 0 aromatic heterocycles. The number of piperidine rings is 1. The lowest BCUT2D eigenvalue weighted by Crippen LogP contribution is -2.41. The van der Waals surface area contributed by atoms with Gasteiger partial charge >= 0.3 is 6.09 Å². The summed E-state index contributed by atoms with van der Waals surface area (Å²) in [5, 5.41) is 0. The summed E-state index contributed by atoms with van der Waals surface area (Å²) < 4.78 is 18.7. The molecule has 2 aromatic rings. The minimum Gasteiger partial charge on any atom is -0.611 e. The van der Waals surface area contributed by atoms with Gasteiger partial charge in [0.05, 0.1) is 0 Å². The van der Waals surface area contributed by atoms with Gasteiger partial charge in [-0.15, -0.1) is 0 Å². The zero-order chi connectivity index (χ0) is 24.8. The molecule has 0 radical (unpaired) electrons. The molecule has 0 spiro atoms. The van der Waals surface area contributed by atoms with Gasteiger partial charge in [-0.1, -0.05) is 36.4 Å². The number of aryl methyl sites for hydroxylation is 1. The monoisotopic (exact) mass is 496 g/mol. The largest absolute Gasteiger partial charge is 0.611 e. The predicted octanol–water partition coefficient (Wildman–Crippen LogP) is 5.78. The number of carbonyl (C=O) groups excluding carboxylic acids is 1. The minimum atomic E-state index is -0.993. The number of amides is 1. The van der Waals surface area contributed by atoms with Gasteiger partial charge in [0.25, 0.3) is 0 Å². The molecule has 1 saturated heterocycles. The van der Waals surface area contributed by atoms with Crippen molar-refractivity contribution in [1.82, 2.24) is 9.80 Å². The molecule has 4 rings (SSSR count). The summed E-state index contributed by atoms with van der Waals surface area (Å²) in [6, 6.07) is 17.1. The molecule has 2 aliphatic rings. The first-order valence-corrected chi connectivity index (χ1v) is 14.3. The van der Waals surface area contributed by atoms with Crippen molar-refractivity contribution in [3.63, 3.8) is 0 Å². The second-order valence-electron chi connectivity index (χ2n) is 11.0. The Morgan fingerprint density at radius 1 is 1.06 bits per heavy atom. The molecule has 1 amide bonds. The summed E-state index contributed by atoms with van der Waals surface area (Å²) in [6.07, 6.45) is 4.87. The van der Waals surface area contributed by atoms with Crippen LogP contribution in [0.25, 0.3) is 0 Å². The van der Waals surface area contributed by atoms with Gasteiger partial charge in [0.2, 0.25) is 0 Å². The zero-order valence-corrected chi connectivity index (χ0v) is 22.3. The lowest BCUT2D eigenvalue weighted by molar-refractivity contribution is 0.0183. The van der Waals surface area contributed by atoms with Crippen LogP contribution in [0.4, 0.5) is 4.79 Å². The highest BCUT2D eigenvalue weighted by Crippen LogP contribution is 2.27. The maximum absolute atomic E-state index is 13.2. The smallest absolute Gasteiger partial charge is 0.410 e. The summed E-state index contributed by atoms with van der Waals surface area (Å²) in [4.78, 5) is 17.6. The number of hydrogen-bond donors (Lipinski definition) is 0. The summed E-state index contributed by atoms with van der Waals surface area (Å²) in [7, 11) is 0. The Labute approximate surface area is 214 Å². The van der Waals surface area contributed by atoms with Crippen LogP contribution in [0, 0.1) is 5.92 Å². The fourth-order valence-corrected chi connectivity index (χ4v) is 6.32. The lowest BCUT2D eigenvalue weighted by Gasteiger charge is -2.33. The average Bonchev–Trinajstić information content (AvgIpc) is 3.03. The molecule has 0 N–H and O–H groups in total. The number of nitrogens with zero attached hydrogens (tertiary/aromatic N) is 2. The van der Waals surface area contributed by atoms with Crippen molar-refractivity contribution in [2.45, 2.75) is 76.5 Å². The number of carbonyl (C=O) groups is 1. The first-order valence-electron chi connectivity index (χ1n) is 13.0. The molecule has 6 heteroatoms. The lowest BCUT2D eigenvalue weighted by atomic mass is 9.95. The van der Waals surface area contributed by atoms with Crippen LogP contribution in [0.15, 0.2) is 53.4 Å². The molecule has 2 aliphatic heterocycles. The topological polar surface area (TPSA) is 55.8 Å². The number of rotatable bonds is 6. The number of fused-ring (bicyclic) bond motifs is 1. The van der Waals surface area contributed by atoms with E-state index in [-0.39, 0.29) is 6.09 Å². The van der Waals surface area contributed by atoms with E-state index in [1.165, 1.54) is 16.7 Å². The van der Waals surface area contributed by atoms with Gasteiger partial charge in [-0.2, -0.15) is 0 Å². The Balaban J connectivity index is 1.28. The third kappa shape index (κ3) is 7.73. The van der Waals surface area contributed by atoms with Gasteiger partial charge < -0.3 is 14.2 Å². The third-order valence-electron chi connectivity index (χ3n) is 6.98. The maximum Gasteiger partial charge on any atom is 0.410 e. The molecule has 1 fully saturated rings. The van der Waals surface area contributed by atoms with Gasteiger partial charge in [-0.25, -0.2) is 4.79 Å². The second kappa shape index (κ2) is 11.8. The van der Waals surface area contributed by atoms with E-state index in [1.54, 1.807) is 0 Å². The van der Waals surface area contributed by atoms with Crippen molar-refractivity contribution in [2.24, 2.45) is 5.92 Å². The Morgan fingerprint density at radius 3 is 2.51 bits per heavy atom. The van der Waals surface area contributed by atoms with Gasteiger partial charge in [0.1, 0.15) is 11.4 Å². The first kappa shape index (κ1) is 26.1. The molecule has 5 nitrogen and oxygen atoms in total. The van der Waals surface area contributed by atoms with Crippen LogP contribution < -0.4 is 0 Å². The van der Waals surface area contributed by atoms with Crippen molar-refractivity contribution in [3.05, 3.63) is 65.2 Å². The van der Waals surface area contributed by atoms with Crippen LogP contribution >= 0.6 is 0 Å². The molecular weight excluding hydrogens is 456 g/mol. The highest BCUT2D eigenvalue weighted by Gasteiger charge is 2.28. The van der Waals surface area contributed by atoms with Gasteiger partial charge in [-0.3, -0.25) is 4.90 Å². The van der Waals surface area contributed by atoms with Crippen molar-refractivity contribution < 1.29 is 14.1 Å². The first-order chi connectivity index (χ1) is 16.8. The molecule has 0 bridgehead atoms. The molecule has 35 heavy (non-hydrogen) atoms. The SMILES string of the molecule is CC(C)(C)OC(=O)N1CCC(CC[S+]([O-])c2ccc3c(c2)CN(Cc2ccccc2)CCC3)CC1. The van der Waals surface area contributed by atoms with Crippen LogP contribution in [0.2, 0.25) is 0 Å². The molecule has 2 aromatic carbocycles. The van der Waals surface area contributed by atoms with Crippen LogP contribution in [-0.2, 0) is 35.4 Å². The van der Waals surface area contributed by atoms with Crippen molar-refractivity contribution >= 4 is 17.3 Å². The number of hydrogen-bond acceptors (Lipinski definition) is 4. The Morgan fingerprint density at radius 2 is 1.80 bits per heavy atom. The summed E-state index contributed by atoms with van der Waals surface area (Å²) in [5.74, 6) is 1.20. The van der Waals surface area contributed by atoms with E-state index in [0.717, 1.165) is 69.7 Å². The molecule has 0 aliphatic carbocycles. The second-order valence-corrected chi connectivity index (χ2v) is 12.6. The van der Waals surface area contributed by atoms with Crippen molar-refractivity contribution in [3.8, 4) is 0 Å². The Hall–Kier alpha value is -2.02. The standard InChI is InChI=1S/C29H40N2O3S/c1-29(2,3)34-28(32)31-17-13-23(14-18-31)15-19-35(33)27-12-11-25-10-7-16-30(22-26(25)20-27)21-24-8-5-4-6-9-24/h4-6,8-9,11-12,20,23H,7,10,13-19,21-22H2,1-3H3. The van der Waals surface area contributed by atoms with E-state index in [9.17, 15) is 9.35 Å².